The summed E-state index contributed by atoms with van der Waals surface area (Å²) >= 11 is 0. The molecule has 0 N–H and O–H groups in total. The van der Waals surface area contributed by atoms with Crippen LogP contribution in [-0.4, -0.2) is 22.8 Å². The fraction of sp³-hybridized carbons (Fsp3) is 0.385. The first-order valence-electron chi connectivity index (χ1n) is 6.13. The number of benzene rings is 1. The molecule has 1 saturated heterocycles. The van der Waals surface area contributed by atoms with Crippen LogP contribution >= 0.6 is 0 Å². The molecule has 4 nitrogen and oxygen atoms in total. The fourth-order valence-corrected chi connectivity index (χ4v) is 2.40. The van der Waals surface area contributed by atoms with Gasteiger partial charge in [0.15, 0.2) is 0 Å². The number of fused-ring (bicyclic) bond motifs is 1. The first-order valence-corrected chi connectivity index (χ1v) is 6.13. The topological polar surface area (TPSA) is 44.1 Å². The van der Waals surface area contributed by atoms with Crippen LogP contribution in [0.25, 0.3) is 10.9 Å². The van der Waals surface area contributed by atoms with Gasteiger partial charge in [-0.25, -0.2) is 4.98 Å². The van der Waals surface area contributed by atoms with E-state index in [2.05, 4.69) is 4.98 Å². The Balaban J connectivity index is 2.22. The van der Waals surface area contributed by atoms with Crippen LogP contribution in [0.1, 0.15) is 18.0 Å². The lowest BCUT2D eigenvalue weighted by Gasteiger charge is -2.14. The third-order valence-electron chi connectivity index (χ3n) is 3.42. The monoisotopic (exact) mass is 284 g/mol. The summed E-state index contributed by atoms with van der Waals surface area (Å²) in [6.07, 6.45) is -2.69. The third kappa shape index (κ3) is 2.07. The summed E-state index contributed by atoms with van der Waals surface area (Å²) in [5.74, 6) is 0. The molecule has 3 rings (SSSR count). The van der Waals surface area contributed by atoms with Gasteiger partial charge in [-0.15, -0.1) is 0 Å². The summed E-state index contributed by atoms with van der Waals surface area (Å²) in [5.41, 5.74) is -1.65. The van der Waals surface area contributed by atoms with E-state index >= 15 is 0 Å². The Hall–Kier alpha value is -1.89. The Morgan fingerprint density at radius 2 is 2.15 bits per heavy atom. The highest BCUT2D eigenvalue weighted by molar-refractivity contribution is 5.81. The van der Waals surface area contributed by atoms with Gasteiger partial charge >= 0.3 is 6.18 Å². The number of hydrogen-bond donors (Lipinski definition) is 0. The van der Waals surface area contributed by atoms with Gasteiger partial charge < -0.3 is 4.74 Å². The highest BCUT2D eigenvalue weighted by atomic mass is 19.4. The van der Waals surface area contributed by atoms with E-state index < -0.39 is 17.3 Å². The number of halogens is 3. The molecule has 2 heterocycles. The molecule has 1 aliphatic heterocycles. The zero-order chi connectivity index (χ0) is 14.3. The minimum absolute atomic E-state index is 0.0192. The summed E-state index contributed by atoms with van der Waals surface area (Å²) in [7, 11) is 0. The largest absolute Gasteiger partial charge is 0.418 e. The summed E-state index contributed by atoms with van der Waals surface area (Å²) in [6.45, 7) is 0.920. The molecule has 0 radical (unpaired) electrons. The van der Waals surface area contributed by atoms with E-state index in [4.69, 9.17) is 4.74 Å². The quantitative estimate of drug-likeness (QED) is 0.807. The molecule has 0 bridgehead atoms. The van der Waals surface area contributed by atoms with Crippen molar-refractivity contribution >= 4 is 10.9 Å². The number of aromatic nitrogens is 2. The van der Waals surface area contributed by atoms with Gasteiger partial charge in [-0.3, -0.25) is 9.36 Å². The van der Waals surface area contributed by atoms with E-state index in [1.165, 1.54) is 23.0 Å². The number of hydrogen-bond acceptors (Lipinski definition) is 3. The summed E-state index contributed by atoms with van der Waals surface area (Å²) in [6, 6.07) is 3.36. The number of rotatable bonds is 1. The van der Waals surface area contributed by atoms with E-state index in [1.54, 1.807) is 0 Å². The van der Waals surface area contributed by atoms with Crippen molar-refractivity contribution in [3.8, 4) is 0 Å². The minimum atomic E-state index is -4.53. The number of nitrogens with zero attached hydrogens (tertiary/aromatic N) is 2. The Morgan fingerprint density at radius 1 is 1.35 bits per heavy atom. The van der Waals surface area contributed by atoms with Crippen molar-refractivity contribution in [3.05, 3.63) is 40.4 Å². The van der Waals surface area contributed by atoms with Gasteiger partial charge in [-0.1, -0.05) is 6.07 Å². The Kier molecular flexibility index (Phi) is 3.01. The van der Waals surface area contributed by atoms with Crippen LogP contribution in [0.2, 0.25) is 0 Å². The van der Waals surface area contributed by atoms with Crippen molar-refractivity contribution in [2.45, 2.75) is 18.6 Å². The van der Waals surface area contributed by atoms with Gasteiger partial charge in [0.05, 0.1) is 35.4 Å². The standard InChI is InChI=1S/C13H11F3N2O2/c14-13(15,16)10-3-1-2-9-11(10)17-7-18(12(9)19)8-4-5-20-6-8/h1-3,7-8H,4-6H2. The maximum absolute atomic E-state index is 12.9. The minimum Gasteiger partial charge on any atom is -0.379 e. The molecule has 1 fully saturated rings. The smallest absolute Gasteiger partial charge is 0.379 e. The second kappa shape index (κ2) is 4.59. The average molecular weight is 284 g/mol. The van der Waals surface area contributed by atoms with Crippen LogP contribution in [0.4, 0.5) is 13.2 Å². The van der Waals surface area contributed by atoms with Crippen LogP contribution in [-0.2, 0) is 10.9 Å². The predicted octanol–water partition coefficient (Wildman–Crippen LogP) is 2.38. The molecule has 0 amide bonds. The van der Waals surface area contributed by atoms with Crippen LogP contribution < -0.4 is 5.56 Å². The lowest BCUT2D eigenvalue weighted by Crippen LogP contribution is -2.26. The molecular weight excluding hydrogens is 273 g/mol. The molecule has 7 heteroatoms. The van der Waals surface area contributed by atoms with E-state index in [0.717, 1.165) is 6.07 Å². The van der Waals surface area contributed by atoms with E-state index in [-0.39, 0.29) is 16.9 Å². The molecule has 1 aliphatic rings. The third-order valence-corrected chi connectivity index (χ3v) is 3.42. The van der Waals surface area contributed by atoms with Crippen LogP contribution in [0.5, 0.6) is 0 Å². The van der Waals surface area contributed by atoms with Gasteiger partial charge in [0.1, 0.15) is 0 Å². The molecule has 1 aromatic carbocycles. The Labute approximate surface area is 111 Å². The van der Waals surface area contributed by atoms with Crippen molar-refractivity contribution in [3.63, 3.8) is 0 Å². The van der Waals surface area contributed by atoms with Crippen molar-refractivity contribution in [2.24, 2.45) is 0 Å². The summed E-state index contributed by atoms with van der Waals surface area (Å²) < 4.78 is 45.2. The summed E-state index contributed by atoms with van der Waals surface area (Å²) in [4.78, 5) is 16.1. The molecule has 20 heavy (non-hydrogen) atoms. The molecule has 2 aromatic rings. The van der Waals surface area contributed by atoms with Gasteiger partial charge in [-0.05, 0) is 18.6 Å². The lowest BCUT2D eigenvalue weighted by molar-refractivity contribution is -0.136. The number of ether oxygens (including phenoxy) is 1. The zero-order valence-electron chi connectivity index (χ0n) is 10.4. The second-order valence-corrected chi connectivity index (χ2v) is 4.67. The van der Waals surface area contributed by atoms with Gasteiger partial charge in [0.25, 0.3) is 5.56 Å². The average Bonchev–Trinajstić information content (AvgIpc) is 2.91. The van der Waals surface area contributed by atoms with Gasteiger partial charge in [0.2, 0.25) is 0 Å². The maximum Gasteiger partial charge on any atom is 0.418 e. The predicted molar refractivity (Wildman–Crippen MR) is 65.5 cm³/mol. The second-order valence-electron chi connectivity index (χ2n) is 4.67. The van der Waals surface area contributed by atoms with Crippen LogP contribution in [0, 0.1) is 0 Å². The SMILES string of the molecule is O=c1c2cccc(C(F)(F)F)c2ncn1C1CCOC1. The molecule has 0 aliphatic carbocycles. The van der Waals surface area contributed by atoms with E-state index in [1.807, 2.05) is 0 Å². The van der Waals surface area contributed by atoms with Crippen molar-refractivity contribution in [2.75, 3.05) is 13.2 Å². The molecule has 106 valence electrons. The van der Waals surface area contributed by atoms with Gasteiger partial charge in [-0.2, -0.15) is 13.2 Å². The van der Waals surface area contributed by atoms with Crippen molar-refractivity contribution in [1.82, 2.24) is 9.55 Å². The van der Waals surface area contributed by atoms with Crippen LogP contribution in [0.3, 0.4) is 0 Å². The molecule has 0 saturated carbocycles. The van der Waals surface area contributed by atoms with Crippen molar-refractivity contribution in [1.29, 1.82) is 0 Å². The normalized spacial score (nSPS) is 19.6. The first-order chi connectivity index (χ1) is 9.48. The van der Waals surface area contributed by atoms with Gasteiger partial charge in [0, 0.05) is 6.61 Å². The molecular formula is C13H11F3N2O2. The maximum atomic E-state index is 12.9. The molecule has 0 spiro atoms. The first kappa shape index (κ1) is 13.1. The van der Waals surface area contributed by atoms with Crippen LogP contribution in [0.15, 0.2) is 29.3 Å². The lowest BCUT2D eigenvalue weighted by atomic mass is 10.1. The molecule has 1 atom stereocenters. The highest BCUT2D eigenvalue weighted by Gasteiger charge is 2.33. The summed E-state index contributed by atoms with van der Waals surface area (Å²) in [5, 5.41) is -0.0192. The number of para-hydroxylation sites is 1. The van der Waals surface area contributed by atoms with E-state index in [0.29, 0.717) is 19.6 Å². The van der Waals surface area contributed by atoms with Crippen molar-refractivity contribution < 1.29 is 17.9 Å². The molecule has 1 aromatic heterocycles. The number of alkyl halides is 3. The van der Waals surface area contributed by atoms with E-state index in [9.17, 15) is 18.0 Å². The Bertz CT molecular complexity index is 703. The Morgan fingerprint density at radius 3 is 2.80 bits per heavy atom. The highest BCUT2D eigenvalue weighted by Crippen LogP contribution is 2.33. The fourth-order valence-electron chi connectivity index (χ4n) is 2.40. The zero-order valence-corrected chi connectivity index (χ0v) is 10.4. The molecule has 1 unspecified atom stereocenters.